The normalized spacial score (nSPS) is 18.0. The van der Waals surface area contributed by atoms with Gasteiger partial charge in [-0.25, -0.2) is 9.18 Å². The van der Waals surface area contributed by atoms with E-state index in [0.29, 0.717) is 0 Å². The van der Waals surface area contributed by atoms with Crippen molar-refractivity contribution in [3.05, 3.63) is 58.1 Å². The highest BCUT2D eigenvalue weighted by Crippen LogP contribution is 2.34. The van der Waals surface area contributed by atoms with Crippen molar-refractivity contribution in [1.82, 2.24) is 4.90 Å². The molecule has 30 heavy (non-hydrogen) atoms. The Kier molecular flexibility index (Phi) is 5.63. The molecule has 0 unspecified atom stereocenters. The summed E-state index contributed by atoms with van der Waals surface area (Å²) < 4.78 is 24.5. The highest BCUT2D eigenvalue weighted by molar-refractivity contribution is 8.18. The highest BCUT2D eigenvalue weighted by Gasteiger charge is 2.36. The van der Waals surface area contributed by atoms with E-state index in [4.69, 9.17) is 4.42 Å². The van der Waals surface area contributed by atoms with Gasteiger partial charge in [-0.3, -0.25) is 14.5 Å². The molecule has 2 fully saturated rings. The molecular weight excluding hydrogens is 411 g/mol. The van der Waals surface area contributed by atoms with Crippen LogP contribution >= 0.6 is 11.8 Å². The summed E-state index contributed by atoms with van der Waals surface area (Å²) in [7, 11) is 1.22. The fraction of sp³-hybridized carbons (Fsp3) is 0.286. The number of amides is 2. The Morgan fingerprint density at radius 1 is 1.23 bits per heavy atom. The lowest BCUT2D eigenvalue weighted by Gasteiger charge is -2.17. The number of methoxy groups -OCH3 is 1. The quantitative estimate of drug-likeness (QED) is 0.523. The zero-order chi connectivity index (χ0) is 21.3. The summed E-state index contributed by atoms with van der Waals surface area (Å²) in [6.45, 7) is 1.68. The number of esters is 1. The maximum atomic E-state index is 14.6. The number of carbonyl (C=O) groups excluding carboxylic acids is 3. The third kappa shape index (κ3) is 3.97. The SMILES string of the molecule is COC(=O)c1ccc(CN2C(=O)SC(=Cc3ccc(N4CCCC4)cc3F)C2=O)o1. The van der Waals surface area contributed by atoms with E-state index in [2.05, 4.69) is 9.64 Å². The second kappa shape index (κ2) is 8.35. The van der Waals surface area contributed by atoms with E-state index in [-0.39, 0.29) is 28.5 Å². The maximum absolute atomic E-state index is 14.6. The van der Waals surface area contributed by atoms with Crippen LogP contribution in [0.15, 0.2) is 39.7 Å². The summed E-state index contributed by atoms with van der Waals surface area (Å²) in [6, 6.07) is 7.80. The number of halogens is 1. The minimum absolute atomic E-state index is 0.0184. The van der Waals surface area contributed by atoms with Gasteiger partial charge >= 0.3 is 5.97 Å². The number of imide groups is 1. The van der Waals surface area contributed by atoms with Gasteiger partial charge in [-0.15, -0.1) is 0 Å². The highest BCUT2D eigenvalue weighted by atomic mass is 32.2. The molecule has 1 aromatic carbocycles. The van der Waals surface area contributed by atoms with Gasteiger partial charge in [0, 0.05) is 24.3 Å². The van der Waals surface area contributed by atoms with Crippen molar-refractivity contribution < 1.29 is 27.9 Å². The molecule has 156 valence electrons. The van der Waals surface area contributed by atoms with Crippen molar-refractivity contribution >= 4 is 40.6 Å². The molecule has 9 heteroatoms. The molecule has 2 saturated heterocycles. The summed E-state index contributed by atoms with van der Waals surface area (Å²) in [5.41, 5.74) is 1.06. The van der Waals surface area contributed by atoms with Crippen LogP contribution in [0.4, 0.5) is 14.9 Å². The first-order valence-electron chi connectivity index (χ1n) is 9.43. The number of carbonyl (C=O) groups is 3. The standard InChI is InChI=1S/C21H19FN2O5S/c1-28-20(26)17-7-6-15(29-17)12-24-19(25)18(30-21(24)27)10-13-4-5-14(11-16(13)22)23-8-2-3-9-23/h4-7,10-11H,2-3,8-9,12H2,1H3. The number of furan rings is 1. The predicted molar refractivity (Wildman–Crippen MR) is 109 cm³/mol. The van der Waals surface area contributed by atoms with E-state index in [1.165, 1.54) is 31.4 Å². The monoisotopic (exact) mass is 430 g/mol. The van der Waals surface area contributed by atoms with Crippen molar-refractivity contribution in [2.75, 3.05) is 25.1 Å². The first-order valence-corrected chi connectivity index (χ1v) is 10.2. The zero-order valence-electron chi connectivity index (χ0n) is 16.2. The second-order valence-corrected chi connectivity index (χ2v) is 7.92. The Morgan fingerprint density at radius 3 is 2.70 bits per heavy atom. The summed E-state index contributed by atoms with van der Waals surface area (Å²) in [5, 5.41) is -0.489. The van der Waals surface area contributed by atoms with Gasteiger partial charge in [0.25, 0.3) is 11.1 Å². The fourth-order valence-corrected chi connectivity index (χ4v) is 4.24. The average molecular weight is 430 g/mol. The Morgan fingerprint density at radius 2 is 2.00 bits per heavy atom. The maximum Gasteiger partial charge on any atom is 0.373 e. The molecule has 2 aliphatic rings. The molecule has 7 nitrogen and oxygen atoms in total. The van der Waals surface area contributed by atoms with E-state index >= 15 is 0 Å². The van der Waals surface area contributed by atoms with Crippen molar-refractivity contribution in [1.29, 1.82) is 0 Å². The first-order chi connectivity index (χ1) is 14.5. The van der Waals surface area contributed by atoms with Gasteiger partial charge in [-0.1, -0.05) is 0 Å². The molecule has 0 bridgehead atoms. The molecule has 0 radical (unpaired) electrons. The van der Waals surface area contributed by atoms with Crippen LogP contribution in [-0.4, -0.2) is 42.2 Å². The molecule has 0 saturated carbocycles. The summed E-state index contributed by atoms with van der Waals surface area (Å²) in [6.07, 6.45) is 3.57. The minimum Gasteiger partial charge on any atom is -0.463 e. The molecule has 0 N–H and O–H groups in total. The van der Waals surface area contributed by atoms with Gasteiger partial charge in [-0.05, 0) is 61.0 Å². The molecule has 3 heterocycles. The fourth-order valence-electron chi connectivity index (χ4n) is 3.41. The number of benzene rings is 1. The Balaban J connectivity index is 1.50. The molecule has 2 aliphatic heterocycles. The van der Waals surface area contributed by atoms with Crippen LogP contribution in [0.2, 0.25) is 0 Å². The molecule has 0 spiro atoms. The summed E-state index contributed by atoms with van der Waals surface area (Å²) in [5.74, 6) is -1.39. The minimum atomic E-state index is -0.650. The van der Waals surface area contributed by atoms with Crippen molar-refractivity contribution in [2.45, 2.75) is 19.4 Å². The number of anilines is 1. The molecule has 1 aromatic heterocycles. The first kappa shape index (κ1) is 20.2. The third-order valence-corrected chi connectivity index (χ3v) is 5.89. The van der Waals surface area contributed by atoms with E-state index < -0.39 is 22.9 Å². The lowest BCUT2D eigenvalue weighted by atomic mass is 10.1. The van der Waals surface area contributed by atoms with Crippen LogP contribution in [0.25, 0.3) is 6.08 Å². The van der Waals surface area contributed by atoms with Gasteiger partial charge in [0.2, 0.25) is 5.76 Å². The van der Waals surface area contributed by atoms with Crippen LogP contribution in [0.3, 0.4) is 0 Å². The van der Waals surface area contributed by atoms with Crippen LogP contribution < -0.4 is 4.90 Å². The van der Waals surface area contributed by atoms with E-state index in [0.717, 1.165) is 48.3 Å². The number of nitrogens with zero attached hydrogens (tertiary/aromatic N) is 2. The molecular formula is C21H19FN2O5S. The number of ether oxygens (including phenoxy) is 1. The van der Waals surface area contributed by atoms with Gasteiger partial charge in [-0.2, -0.15) is 0 Å². The number of hydrogen-bond acceptors (Lipinski definition) is 7. The van der Waals surface area contributed by atoms with Crippen LogP contribution in [0, 0.1) is 5.82 Å². The molecule has 2 aromatic rings. The topological polar surface area (TPSA) is 80.1 Å². The Hall–Kier alpha value is -3.07. The van der Waals surface area contributed by atoms with E-state index in [1.807, 2.05) is 6.07 Å². The van der Waals surface area contributed by atoms with Gasteiger partial charge < -0.3 is 14.1 Å². The molecule has 0 aliphatic carbocycles. The lowest BCUT2D eigenvalue weighted by molar-refractivity contribution is -0.123. The third-order valence-electron chi connectivity index (χ3n) is 4.98. The summed E-state index contributed by atoms with van der Waals surface area (Å²) >= 11 is 0.740. The van der Waals surface area contributed by atoms with Crippen molar-refractivity contribution in [3.63, 3.8) is 0 Å². The lowest BCUT2D eigenvalue weighted by Crippen LogP contribution is -2.27. The summed E-state index contributed by atoms with van der Waals surface area (Å²) in [4.78, 5) is 39.7. The van der Waals surface area contributed by atoms with Crippen LogP contribution in [-0.2, 0) is 16.1 Å². The molecule has 2 amide bonds. The number of hydrogen-bond donors (Lipinski definition) is 0. The Labute approximate surface area is 176 Å². The van der Waals surface area contributed by atoms with Gasteiger partial charge in [0.1, 0.15) is 11.6 Å². The Bertz CT molecular complexity index is 1040. The largest absolute Gasteiger partial charge is 0.463 e. The van der Waals surface area contributed by atoms with Crippen molar-refractivity contribution in [2.24, 2.45) is 0 Å². The molecule has 0 atom stereocenters. The van der Waals surface area contributed by atoms with Crippen LogP contribution in [0.5, 0.6) is 0 Å². The van der Waals surface area contributed by atoms with E-state index in [9.17, 15) is 18.8 Å². The molecule has 4 rings (SSSR count). The zero-order valence-corrected chi connectivity index (χ0v) is 17.0. The van der Waals surface area contributed by atoms with Gasteiger partial charge in [0.05, 0.1) is 18.6 Å². The van der Waals surface area contributed by atoms with Crippen LogP contribution in [0.1, 0.15) is 34.7 Å². The number of rotatable bonds is 5. The predicted octanol–water partition coefficient (Wildman–Crippen LogP) is 4.04. The second-order valence-electron chi connectivity index (χ2n) is 6.93. The van der Waals surface area contributed by atoms with Crippen molar-refractivity contribution in [3.8, 4) is 0 Å². The van der Waals surface area contributed by atoms with Gasteiger partial charge in [0.15, 0.2) is 0 Å². The van der Waals surface area contributed by atoms with E-state index in [1.54, 1.807) is 6.07 Å². The average Bonchev–Trinajstić information content (AvgIpc) is 3.48. The number of thioether (sulfide) groups is 1. The smallest absolute Gasteiger partial charge is 0.373 e.